The molecule has 0 atom stereocenters. The van der Waals surface area contributed by atoms with E-state index in [-0.39, 0.29) is 25.9 Å². The Morgan fingerprint density at radius 1 is 1.39 bits per heavy atom. The first-order valence-electron chi connectivity index (χ1n) is 7.43. The third kappa shape index (κ3) is 3.26. The lowest BCUT2D eigenvalue weighted by Crippen LogP contribution is -2.21. The van der Waals surface area contributed by atoms with Gasteiger partial charge in [0, 0.05) is 11.8 Å². The summed E-state index contributed by atoms with van der Waals surface area (Å²) in [5.41, 5.74) is 1.93. The van der Waals surface area contributed by atoms with Crippen molar-refractivity contribution in [3.05, 3.63) is 29.6 Å². The number of nitrogens with one attached hydrogen (secondary N) is 1. The van der Waals surface area contributed by atoms with E-state index in [2.05, 4.69) is 15.6 Å². The Hall–Kier alpha value is -2.61. The summed E-state index contributed by atoms with van der Waals surface area (Å²) in [5, 5.41) is 19.9. The van der Waals surface area contributed by atoms with Gasteiger partial charge in [0.25, 0.3) is 0 Å². The number of hydrogen-bond donors (Lipinski definition) is 2. The van der Waals surface area contributed by atoms with E-state index in [0.717, 1.165) is 12.1 Å². The number of ether oxygens (including phenoxy) is 2. The van der Waals surface area contributed by atoms with Crippen LogP contribution in [0.15, 0.2) is 18.2 Å². The molecule has 2 aromatic rings. The monoisotopic (exact) mass is 318 g/mol. The van der Waals surface area contributed by atoms with Gasteiger partial charge in [-0.3, -0.25) is 4.79 Å². The van der Waals surface area contributed by atoms with Crippen LogP contribution in [0.4, 0.5) is 5.69 Å². The highest BCUT2D eigenvalue weighted by Crippen LogP contribution is 2.34. The SMILES string of the molecule is CCCc1c(CO)nnn1CC(=O)Nc1ccc2c(c1)OCO2. The molecule has 2 N–H and O–H groups in total. The van der Waals surface area contributed by atoms with Crippen molar-refractivity contribution in [1.29, 1.82) is 0 Å². The maximum absolute atomic E-state index is 12.2. The van der Waals surface area contributed by atoms with Crippen LogP contribution < -0.4 is 14.8 Å². The van der Waals surface area contributed by atoms with Gasteiger partial charge in [-0.1, -0.05) is 18.6 Å². The summed E-state index contributed by atoms with van der Waals surface area (Å²) < 4.78 is 12.0. The number of aliphatic hydroxyl groups excluding tert-OH is 1. The molecule has 0 spiro atoms. The predicted molar refractivity (Wildman–Crippen MR) is 81.1 cm³/mol. The van der Waals surface area contributed by atoms with Crippen LogP contribution in [0.3, 0.4) is 0 Å². The zero-order chi connectivity index (χ0) is 16.2. The lowest BCUT2D eigenvalue weighted by atomic mass is 10.2. The van der Waals surface area contributed by atoms with Gasteiger partial charge in [-0.2, -0.15) is 0 Å². The smallest absolute Gasteiger partial charge is 0.246 e. The number of benzene rings is 1. The summed E-state index contributed by atoms with van der Waals surface area (Å²) in [6, 6.07) is 5.21. The van der Waals surface area contributed by atoms with Gasteiger partial charge in [-0.05, 0) is 18.6 Å². The van der Waals surface area contributed by atoms with E-state index < -0.39 is 0 Å². The lowest BCUT2D eigenvalue weighted by Gasteiger charge is -2.08. The minimum atomic E-state index is -0.226. The average Bonchev–Trinajstić information content (AvgIpc) is 3.14. The molecule has 2 heterocycles. The summed E-state index contributed by atoms with van der Waals surface area (Å²) in [4.78, 5) is 12.2. The van der Waals surface area contributed by atoms with Crippen molar-refractivity contribution in [2.45, 2.75) is 32.9 Å². The van der Waals surface area contributed by atoms with E-state index >= 15 is 0 Å². The lowest BCUT2D eigenvalue weighted by molar-refractivity contribution is -0.117. The number of rotatable bonds is 6. The molecule has 0 fully saturated rings. The molecule has 23 heavy (non-hydrogen) atoms. The number of aromatic nitrogens is 3. The minimum absolute atomic E-state index is 0.0385. The number of fused-ring (bicyclic) bond motifs is 1. The molecule has 1 aliphatic rings. The fourth-order valence-electron chi connectivity index (χ4n) is 2.44. The van der Waals surface area contributed by atoms with Crippen LogP contribution in [-0.4, -0.2) is 32.8 Å². The van der Waals surface area contributed by atoms with Gasteiger partial charge in [0.05, 0.1) is 12.3 Å². The maximum atomic E-state index is 12.2. The fraction of sp³-hybridized carbons (Fsp3) is 0.400. The normalized spacial score (nSPS) is 12.4. The highest BCUT2D eigenvalue weighted by molar-refractivity contribution is 5.90. The van der Waals surface area contributed by atoms with Crippen LogP contribution in [0, 0.1) is 0 Å². The van der Waals surface area contributed by atoms with Crippen molar-refractivity contribution < 1.29 is 19.4 Å². The number of amides is 1. The predicted octanol–water partition coefficient (Wildman–Crippen LogP) is 1.09. The molecule has 0 saturated carbocycles. The highest BCUT2D eigenvalue weighted by atomic mass is 16.7. The molecule has 1 aromatic carbocycles. The van der Waals surface area contributed by atoms with Gasteiger partial charge in [-0.25, -0.2) is 4.68 Å². The van der Waals surface area contributed by atoms with Crippen LogP contribution in [0.1, 0.15) is 24.7 Å². The van der Waals surface area contributed by atoms with Crippen LogP contribution in [0.5, 0.6) is 11.5 Å². The Kier molecular flexibility index (Phi) is 4.42. The van der Waals surface area contributed by atoms with Gasteiger partial charge >= 0.3 is 0 Å². The quantitative estimate of drug-likeness (QED) is 0.827. The standard InChI is InChI=1S/C15H18N4O4/c1-2-3-12-11(8-20)17-18-19(12)7-15(21)16-10-4-5-13-14(6-10)23-9-22-13/h4-6,20H,2-3,7-9H2,1H3,(H,16,21). The Morgan fingerprint density at radius 2 is 2.22 bits per heavy atom. The van der Waals surface area contributed by atoms with Crippen molar-refractivity contribution in [1.82, 2.24) is 15.0 Å². The van der Waals surface area contributed by atoms with Crippen LogP contribution in [-0.2, 0) is 24.4 Å². The van der Waals surface area contributed by atoms with E-state index in [1.165, 1.54) is 4.68 Å². The molecule has 1 aliphatic heterocycles. The zero-order valence-electron chi connectivity index (χ0n) is 12.8. The molecule has 0 aliphatic carbocycles. The van der Waals surface area contributed by atoms with E-state index in [1.54, 1.807) is 18.2 Å². The summed E-state index contributed by atoms with van der Waals surface area (Å²) in [5.74, 6) is 1.05. The van der Waals surface area contributed by atoms with Crippen LogP contribution in [0.2, 0.25) is 0 Å². The largest absolute Gasteiger partial charge is 0.454 e. The molecule has 3 rings (SSSR count). The summed E-state index contributed by atoms with van der Waals surface area (Å²) >= 11 is 0. The number of carbonyl (C=O) groups is 1. The van der Waals surface area contributed by atoms with E-state index in [4.69, 9.17) is 9.47 Å². The Labute approximate surface area is 133 Å². The van der Waals surface area contributed by atoms with Crippen LogP contribution in [0.25, 0.3) is 0 Å². The maximum Gasteiger partial charge on any atom is 0.246 e. The Morgan fingerprint density at radius 3 is 3.00 bits per heavy atom. The van der Waals surface area contributed by atoms with Gasteiger partial charge in [0.2, 0.25) is 12.7 Å². The fourth-order valence-corrected chi connectivity index (χ4v) is 2.44. The average molecular weight is 318 g/mol. The first kappa shape index (κ1) is 15.3. The topological polar surface area (TPSA) is 98.5 Å². The van der Waals surface area contributed by atoms with Crippen LogP contribution >= 0.6 is 0 Å². The highest BCUT2D eigenvalue weighted by Gasteiger charge is 2.16. The van der Waals surface area contributed by atoms with E-state index in [0.29, 0.717) is 29.3 Å². The second-order valence-corrected chi connectivity index (χ2v) is 5.16. The molecular weight excluding hydrogens is 300 g/mol. The summed E-state index contributed by atoms with van der Waals surface area (Å²) in [6.45, 7) is 2.07. The second kappa shape index (κ2) is 6.66. The molecule has 0 bridgehead atoms. The molecule has 0 radical (unpaired) electrons. The van der Waals surface area contributed by atoms with E-state index in [1.807, 2.05) is 6.92 Å². The first-order chi connectivity index (χ1) is 11.2. The van der Waals surface area contributed by atoms with Crippen molar-refractivity contribution in [3.63, 3.8) is 0 Å². The molecule has 8 nitrogen and oxygen atoms in total. The van der Waals surface area contributed by atoms with Gasteiger partial charge in [0.1, 0.15) is 12.2 Å². The van der Waals surface area contributed by atoms with Gasteiger partial charge in [0.15, 0.2) is 11.5 Å². The third-order valence-corrected chi connectivity index (χ3v) is 3.50. The molecule has 1 amide bonds. The minimum Gasteiger partial charge on any atom is -0.454 e. The summed E-state index contributed by atoms with van der Waals surface area (Å²) in [7, 11) is 0. The Balaban J connectivity index is 1.69. The number of aliphatic hydroxyl groups is 1. The number of hydrogen-bond acceptors (Lipinski definition) is 6. The van der Waals surface area contributed by atoms with Crippen molar-refractivity contribution >= 4 is 11.6 Å². The van der Waals surface area contributed by atoms with Crippen molar-refractivity contribution in [2.75, 3.05) is 12.1 Å². The molecule has 0 unspecified atom stereocenters. The van der Waals surface area contributed by atoms with Gasteiger partial charge in [-0.15, -0.1) is 5.10 Å². The van der Waals surface area contributed by atoms with Gasteiger partial charge < -0.3 is 19.9 Å². The number of carbonyl (C=O) groups excluding carboxylic acids is 1. The number of nitrogens with zero attached hydrogens (tertiary/aromatic N) is 3. The summed E-state index contributed by atoms with van der Waals surface area (Å²) in [6.07, 6.45) is 1.59. The molecule has 122 valence electrons. The zero-order valence-corrected chi connectivity index (χ0v) is 12.8. The van der Waals surface area contributed by atoms with Crippen molar-refractivity contribution in [3.8, 4) is 11.5 Å². The first-order valence-corrected chi connectivity index (χ1v) is 7.43. The van der Waals surface area contributed by atoms with Crippen molar-refractivity contribution in [2.24, 2.45) is 0 Å². The Bertz CT molecular complexity index is 713. The molecular formula is C15H18N4O4. The van der Waals surface area contributed by atoms with E-state index in [9.17, 15) is 9.90 Å². The second-order valence-electron chi connectivity index (χ2n) is 5.16. The molecule has 8 heteroatoms. The third-order valence-electron chi connectivity index (χ3n) is 3.50. The molecule has 1 aromatic heterocycles. The number of anilines is 1. The molecule has 0 saturated heterocycles.